The highest BCUT2D eigenvalue weighted by atomic mass is 127. The van der Waals surface area contributed by atoms with Gasteiger partial charge in [-0.2, -0.15) is 0 Å². The number of furan rings is 1. The molecule has 2 aromatic heterocycles. The third-order valence-corrected chi connectivity index (χ3v) is 5.26. The van der Waals surface area contributed by atoms with E-state index in [4.69, 9.17) is 16.0 Å². The molecule has 0 radical (unpaired) electrons. The Morgan fingerprint density at radius 1 is 1.42 bits per heavy atom. The molecule has 1 aliphatic carbocycles. The van der Waals surface area contributed by atoms with Crippen LogP contribution in [0.1, 0.15) is 37.6 Å². The fraction of sp³-hybridized carbons (Fsp3) is 0.429. The minimum Gasteiger partial charge on any atom is -0.457 e. The summed E-state index contributed by atoms with van der Waals surface area (Å²) >= 11 is 8.33. The van der Waals surface area contributed by atoms with Crippen LogP contribution in [0.25, 0.3) is 11.6 Å². The molecule has 100 valence electrons. The molecule has 0 bridgehead atoms. The summed E-state index contributed by atoms with van der Waals surface area (Å²) < 4.78 is 6.80. The van der Waals surface area contributed by atoms with Crippen LogP contribution in [0.3, 0.4) is 0 Å². The number of rotatable bonds is 3. The summed E-state index contributed by atoms with van der Waals surface area (Å²) in [6.07, 6.45) is 2.04. The average molecular weight is 389 g/mol. The van der Waals surface area contributed by atoms with Gasteiger partial charge in [-0.25, -0.2) is 9.97 Å². The SMILES string of the molecule is CCc1nc(-c2ccc(C3CC3C)o2)nc(Cl)c1I. The molecule has 0 N–H and O–H groups in total. The first-order valence-electron chi connectivity index (χ1n) is 6.42. The van der Waals surface area contributed by atoms with Gasteiger partial charge in [-0.3, -0.25) is 0 Å². The lowest BCUT2D eigenvalue weighted by atomic mass is 10.3. The molecule has 1 saturated carbocycles. The Labute approximate surface area is 130 Å². The van der Waals surface area contributed by atoms with Gasteiger partial charge in [0.2, 0.25) is 0 Å². The van der Waals surface area contributed by atoms with Gasteiger partial charge in [0.15, 0.2) is 11.6 Å². The highest BCUT2D eigenvalue weighted by molar-refractivity contribution is 14.1. The summed E-state index contributed by atoms with van der Waals surface area (Å²) in [5, 5.41) is 0.500. The molecule has 0 saturated heterocycles. The van der Waals surface area contributed by atoms with Gasteiger partial charge in [-0.05, 0) is 53.5 Å². The largest absolute Gasteiger partial charge is 0.457 e. The smallest absolute Gasteiger partial charge is 0.197 e. The Balaban J connectivity index is 1.97. The predicted molar refractivity (Wildman–Crippen MR) is 83.4 cm³/mol. The summed E-state index contributed by atoms with van der Waals surface area (Å²) in [5.74, 6) is 3.63. The number of halogens is 2. The quantitative estimate of drug-likeness (QED) is 0.566. The molecule has 5 heteroatoms. The molecule has 1 aliphatic rings. The summed E-state index contributed by atoms with van der Waals surface area (Å²) in [5.41, 5.74) is 0.966. The van der Waals surface area contributed by atoms with Crippen molar-refractivity contribution in [3.05, 3.63) is 32.3 Å². The molecule has 0 aliphatic heterocycles. The zero-order valence-corrected chi connectivity index (χ0v) is 13.7. The molecule has 19 heavy (non-hydrogen) atoms. The van der Waals surface area contributed by atoms with Crippen LogP contribution in [-0.4, -0.2) is 9.97 Å². The van der Waals surface area contributed by atoms with E-state index in [9.17, 15) is 0 Å². The highest BCUT2D eigenvalue weighted by Gasteiger charge is 2.36. The summed E-state index contributed by atoms with van der Waals surface area (Å²) in [6.45, 7) is 4.30. The van der Waals surface area contributed by atoms with E-state index in [1.54, 1.807) is 0 Å². The second-order valence-electron chi connectivity index (χ2n) is 4.97. The molecule has 2 unspecified atom stereocenters. The normalized spacial score (nSPS) is 21.7. The summed E-state index contributed by atoms with van der Waals surface area (Å²) in [4.78, 5) is 8.85. The van der Waals surface area contributed by atoms with E-state index < -0.39 is 0 Å². The van der Waals surface area contributed by atoms with Crippen molar-refractivity contribution in [2.24, 2.45) is 5.92 Å². The fourth-order valence-electron chi connectivity index (χ4n) is 2.20. The van der Waals surface area contributed by atoms with Gasteiger partial charge in [0.05, 0.1) is 9.26 Å². The first-order chi connectivity index (χ1) is 9.10. The van der Waals surface area contributed by atoms with Crippen molar-refractivity contribution >= 4 is 34.2 Å². The second kappa shape index (κ2) is 5.05. The molecular formula is C14H14ClIN2O. The Hall–Kier alpha value is -0.620. The molecule has 2 aromatic rings. The molecule has 3 rings (SSSR count). The molecule has 1 fully saturated rings. The van der Waals surface area contributed by atoms with E-state index >= 15 is 0 Å². The van der Waals surface area contributed by atoms with Crippen molar-refractivity contribution in [2.75, 3.05) is 0 Å². The first-order valence-corrected chi connectivity index (χ1v) is 7.87. The maximum absolute atomic E-state index is 6.15. The van der Waals surface area contributed by atoms with Gasteiger partial charge in [0, 0.05) is 5.92 Å². The van der Waals surface area contributed by atoms with Crippen LogP contribution in [-0.2, 0) is 6.42 Å². The minimum absolute atomic E-state index is 0.500. The average Bonchev–Trinajstić information content (AvgIpc) is 2.93. The highest BCUT2D eigenvalue weighted by Crippen LogP contribution is 2.47. The molecule has 2 heterocycles. The third-order valence-electron chi connectivity index (χ3n) is 3.54. The lowest BCUT2D eigenvalue weighted by Gasteiger charge is -2.04. The monoisotopic (exact) mass is 388 g/mol. The maximum atomic E-state index is 6.15. The second-order valence-corrected chi connectivity index (χ2v) is 6.41. The molecule has 2 atom stereocenters. The number of aryl methyl sites for hydroxylation is 1. The van der Waals surface area contributed by atoms with E-state index in [1.165, 1.54) is 6.42 Å². The van der Waals surface area contributed by atoms with Gasteiger partial charge in [-0.15, -0.1) is 0 Å². The van der Waals surface area contributed by atoms with E-state index in [0.717, 1.165) is 27.4 Å². The zero-order valence-electron chi connectivity index (χ0n) is 10.8. The minimum atomic E-state index is 0.500. The zero-order chi connectivity index (χ0) is 13.6. The van der Waals surface area contributed by atoms with E-state index in [0.29, 0.717) is 22.7 Å². The van der Waals surface area contributed by atoms with Crippen LogP contribution in [0.15, 0.2) is 16.5 Å². The van der Waals surface area contributed by atoms with E-state index in [1.807, 2.05) is 12.1 Å². The Kier molecular flexibility index (Phi) is 3.55. The van der Waals surface area contributed by atoms with Crippen molar-refractivity contribution in [2.45, 2.75) is 32.6 Å². The Morgan fingerprint density at radius 3 is 2.79 bits per heavy atom. The maximum Gasteiger partial charge on any atom is 0.197 e. The van der Waals surface area contributed by atoms with Crippen LogP contribution in [0.4, 0.5) is 0 Å². The van der Waals surface area contributed by atoms with Crippen LogP contribution in [0, 0.1) is 9.49 Å². The van der Waals surface area contributed by atoms with Gasteiger partial charge in [-0.1, -0.05) is 25.4 Å². The van der Waals surface area contributed by atoms with E-state index in [-0.39, 0.29) is 0 Å². The number of nitrogens with zero attached hydrogens (tertiary/aromatic N) is 2. The number of hydrogen-bond acceptors (Lipinski definition) is 3. The molecular weight excluding hydrogens is 375 g/mol. The van der Waals surface area contributed by atoms with E-state index in [2.05, 4.69) is 46.4 Å². The van der Waals surface area contributed by atoms with Gasteiger partial charge in [0.1, 0.15) is 10.9 Å². The molecule has 0 aromatic carbocycles. The van der Waals surface area contributed by atoms with Crippen molar-refractivity contribution in [1.82, 2.24) is 9.97 Å². The van der Waals surface area contributed by atoms with Crippen molar-refractivity contribution in [3.8, 4) is 11.6 Å². The summed E-state index contributed by atoms with van der Waals surface area (Å²) in [6, 6.07) is 3.97. The summed E-state index contributed by atoms with van der Waals surface area (Å²) in [7, 11) is 0. The molecule has 0 amide bonds. The van der Waals surface area contributed by atoms with Crippen molar-refractivity contribution < 1.29 is 4.42 Å². The lowest BCUT2D eigenvalue weighted by Crippen LogP contribution is -1.98. The topological polar surface area (TPSA) is 38.9 Å². The van der Waals surface area contributed by atoms with Crippen LogP contribution in [0.2, 0.25) is 5.15 Å². The third kappa shape index (κ3) is 2.52. The van der Waals surface area contributed by atoms with Crippen LogP contribution >= 0.6 is 34.2 Å². The first kappa shape index (κ1) is 13.4. The Morgan fingerprint density at radius 2 is 2.16 bits per heavy atom. The predicted octanol–water partition coefficient (Wildman–Crippen LogP) is 4.68. The van der Waals surface area contributed by atoms with Crippen molar-refractivity contribution in [3.63, 3.8) is 0 Å². The number of hydrogen-bond donors (Lipinski definition) is 0. The lowest BCUT2D eigenvalue weighted by molar-refractivity contribution is 0.514. The Bertz CT molecular complexity index is 626. The van der Waals surface area contributed by atoms with Gasteiger partial charge in [0.25, 0.3) is 0 Å². The standard InChI is InChI=1S/C14H14ClIN2O/c1-3-9-12(16)13(15)18-14(17-9)11-5-4-10(19-11)8-6-7(8)2/h4-5,7-8H,3,6H2,1-2H3. The number of aromatic nitrogens is 2. The van der Waals surface area contributed by atoms with Gasteiger partial charge >= 0.3 is 0 Å². The molecule has 0 spiro atoms. The van der Waals surface area contributed by atoms with Crippen molar-refractivity contribution in [1.29, 1.82) is 0 Å². The molecule has 3 nitrogen and oxygen atoms in total. The fourth-order valence-corrected chi connectivity index (χ4v) is 3.01. The van der Waals surface area contributed by atoms with Crippen LogP contribution in [0.5, 0.6) is 0 Å². The van der Waals surface area contributed by atoms with Gasteiger partial charge < -0.3 is 4.42 Å². The van der Waals surface area contributed by atoms with Crippen LogP contribution < -0.4 is 0 Å².